The predicted molar refractivity (Wildman–Crippen MR) is 68.3 cm³/mol. The van der Waals surface area contributed by atoms with E-state index in [-0.39, 0.29) is 12.1 Å². The van der Waals surface area contributed by atoms with Gasteiger partial charge in [-0.3, -0.25) is 9.78 Å². The van der Waals surface area contributed by atoms with Crippen LogP contribution in [-0.2, 0) is 6.54 Å². The number of nitrogens with zero attached hydrogens (tertiary/aromatic N) is 3. The van der Waals surface area contributed by atoms with Crippen LogP contribution in [0.25, 0.3) is 0 Å². The second kappa shape index (κ2) is 5.01. The molecular formula is C13H13N3O3. The maximum absolute atomic E-state index is 12.1. The molecule has 0 radical (unpaired) electrons. The van der Waals surface area contributed by atoms with Gasteiger partial charge in [0.25, 0.3) is 5.56 Å². The minimum atomic E-state index is -1.23. The van der Waals surface area contributed by atoms with Gasteiger partial charge in [0.2, 0.25) is 0 Å². The highest BCUT2D eigenvalue weighted by molar-refractivity contribution is 5.88. The van der Waals surface area contributed by atoms with Crippen molar-refractivity contribution in [2.24, 2.45) is 0 Å². The Morgan fingerprint density at radius 2 is 2.16 bits per heavy atom. The van der Waals surface area contributed by atoms with E-state index < -0.39 is 11.5 Å². The number of hydrogen-bond donors (Lipinski definition) is 1. The van der Waals surface area contributed by atoms with E-state index in [2.05, 4.69) is 10.1 Å². The summed E-state index contributed by atoms with van der Waals surface area (Å²) < 4.78 is 1.16. The number of rotatable bonds is 3. The van der Waals surface area contributed by atoms with Crippen molar-refractivity contribution in [3.8, 4) is 0 Å². The van der Waals surface area contributed by atoms with E-state index in [1.165, 1.54) is 0 Å². The van der Waals surface area contributed by atoms with Crippen LogP contribution in [0.15, 0.2) is 29.3 Å². The number of carboxylic acid groups (broad SMARTS) is 1. The molecule has 2 aromatic heterocycles. The number of aromatic carboxylic acids is 1. The van der Waals surface area contributed by atoms with Crippen molar-refractivity contribution in [2.75, 3.05) is 0 Å². The Balaban J connectivity index is 2.54. The molecule has 0 spiro atoms. The lowest BCUT2D eigenvalue weighted by molar-refractivity contribution is 0.0692. The SMILES string of the molecule is Cc1nn(Cc2cccnc2)c(=O)c(C(=O)O)c1C. The van der Waals surface area contributed by atoms with Crippen LogP contribution >= 0.6 is 0 Å². The fourth-order valence-corrected chi connectivity index (χ4v) is 1.80. The number of hydrogen-bond acceptors (Lipinski definition) is 4. The lowest BCUT2D eigenvalue weighted by Gasteiger charge is -2.09. The standard InChI is InChI=1S/C13H13N3O3/c1-8-9(2)15-16(12(17)11(8)13(18)19)7-10-4-3-5-14-6-10/h3-6H,7H2,1-2H3,(H,18,19). The Bertz CT molecular complexity index is 678. The lowest BCUT2D eigenvalue weighted by Crippen LogP contribution is -2.31. The van der Waals surface area contributed by atoms with Crippen molar-refractivity contribution in [1.29, 1.82) is 0 Å². The van der Waals surface area contributed by atoms with E-state index in [1.54, 1.807) is 38.4 Å². The second-order valence-electron chi connectivity index (χ2n) is 4.21. The smallest absolute Gasteiger partial charge is 0.341 e. The van der Waals surface area contributed by atoms with Gasteiger partial charge in [0.1, 0.15) is 5.56 Å². The first-order chi connectivity index (χ1) is 9.00. The van der Waals surface area contributed by atoms with Gasteiger partial charge in [-0.1, -0.05) is 6.07 Å². The highest BCUT2D eigenvalue weighted by atomic mass is 16.4. The fourth-order valence-electron chi connectivity index (χ4n) is 1.80. The molecule has 2 rings (SSSR count). The Kier molecular flexibility index (Phi) is 3.41. The third kappa shape index (κ3) is 2.52. The average Bonchev–Trinajstić information content (AvgIpc) is 2.37. The van der Waals surface area contributed by atoms with Gasteiger partial charge in [0, 0.05) is 12.4 Å². The van der Waals surface area contributed by atoms with Crippen molar-refractivity contribution in [1.82, 2.24) is 14.8 Å². The maximum atomic E-state index is 12.1. The zero-order valence-electron chi connectivity index (χ0n) is 10.6. The van der Waals surface area contributed by atoms with Gasteiger partial charge in [-0.25, -0.2) is 9.48 Å². The highest BCUT2D eigenvalue weighted by Crippen LogP contribution is 2.07. The molecule has 0 saturated heterocycles. The lowest BCUT2D eigenvalue weighted by atomic mass is 10.1. The van der Waals surface area contributed by atoms with E-state index in [9.17, 15) is 9.59 Å². The molecule has 98 valence electrons. The molecule has 0 fully saturated rings. The van der Waals surface area contributed by atoms with Crippen LogP contribution in [0.5, 0.6) is 0 Å². The Hall–Kier alpha value is -2.50. The summed E-state index contributed by atoms with van der Waals surface area (Å²) in [6, 6.07) is 3.55. The van der Waals surface area contributed by atoms with Crippen LogP contribution in [0.4, 0.5) is 0 Å². The van der Waals surface area contributed by atoms with E-state index in [1.807, 2.05) is 0 Å². The number of aromatic nitrogens is 3. The summed E-state index contributed by atoms with van der Waals surface area (Å²) in [4.78, 5) is 27.2. The third-order valence-corrected chi connectivity index (χ3v) is 2.91. The molecule has 0 aromatic carbocycles. The summed E-state index contributed by atoms with van der Waals surface area (Å²) in [5, 5.41) is 13.2. The fraction of sp³-hybridized carbons (Fsp3) is 0.231. The first-order valence-electron chi connectivity index (χ1n) is 5.71. The van der Waals surface area contributed by atoms with E-state index >= 15 is 0 Å². The summed E-state index contributed by atoms with van der Waals surface area (Å²) in [5.41, 5.74) is 0.897. The number of pyridine rings is 1. The Morgan fingerprint density at radius 1 is 1.42 bits per heavy atom. The summed E-state index contributed by atoms with van der Waals surface area (Å²) >= 11 is 0. The van der Waals surface area contributed by atoms with Crippen molar-refractivity contribution >= 4 is 5.97 Å². The Labute approximate surface area is 109 Å². The van der Waals surface area contributed by atoms with Crippen LogP contribution < -0.4 is 5.56 Å². The summed E-state index contributed by atoms with van der Waals surface area (Å²) in [6.07, 6.45) is 3.24. The maximum Gasteiger partial charge on any atom is 0.341 e. The minimum Gasteiger partial charge on any atom is -0.477 e. The Morgan fingerprint density at radius 3 is 2.74 bits per heavy atom. The van der Waals surface area contributed by atoms with E-state index in [4.69, 9.17) is 5.11 Å². The first-order valence-corrected chi connectivity index (χ1v) is 5.71. The quantitative estimate of drug-likeness (QED) is 0.888. The minimum absolute atomic E-state index is 0.202. The largest absolute Gasteiger partial charge is 0.477 e. The summed E-state index contributed by atoms with van der Waals surface area (Å²) in [7, 11) is 0. The van der Waals surface area contributed by atoms with Crippen LogP contribution in [0.1, 0.15) is 27.2 Å². The molecule has 0 aliphatic rings. The van der Waals surface area contributed by atoms with Gasteiger partial charge < -0.3 is 5.11 Å². The normalized spacial score (nSPS) is 10.4. The van der Waals surface area contributed by atoms with Crippen molar-refractivity contribution in [3.05, 3.63) is 57.3 Å². The van der Waals surface area contributed by atoms with Gasteiger partial charge in [-0.2, -0.15) is 5.10 Å². The molecule has 0 saturated carbocycles. The molecule has 0 aliphatic carbocycles. The van der Waals surface area contributed by atoms with E-state index in [0.29, 0.717) is 11.3 Å². The number of aryl methyl sites for hydroxylation is 1. The van der Waals surface area contributed by atoms with Gasteiger partial charge in [0.05, 0.1) is 12.2 Å². The molecule has 2 aromatic rings. The zero-order chi connectivity index (χ0) is 14.0. The van der Waals surface area contributed by atoms with Gasteiger partial charge in [-0.15, -0.1) is 0 Å². The number of carboxylic acids is 1. The second-order valence-corrected chi connectivity index (χ2v) is 4.21. The molecule has 6 nitrogen and oxygen atoms in total. The molecule has 2 heterocycles. The molecule has 6 heteroatoms. The molecule has 19 heavy (non-hydrogen) atoms. The van der Waals surface area contributed by atoms with Crippen LogP contribution in [0.3, 0.4) is 0 Å². The van der Waals surface area contributed by atoms with E-state index in [0.717, 1.165) is 10.2 Å². The monoisotopic (exact) mass is 259 g/mol. The number of carbonyl (C=O) groups is 1. The van der Waals surface area contributed by atoms with Crippen molar-refractivity contribution in [3.63, 3.8) is 0 Å². The molecule has 0 bridgehead atoms. The van der Waals surface area contributed by atoms with Crippen LogP contribution in [0, 0.1) is 13.8 Å². The molecule has 0 amide bonds. The molecular weight excluding hydrogens is 246 g/mol. The van der Waals surface area contributed by atoms with Crippen molar-refractivity contribution < 1.29 is 9.90 Å². The molecule has 0 aliphatic heterocycles. The molecule has 0 atom stereocenters. The summed E-state index contributed by atoms with van der Waals surface area (Å²) in [6.45, 7) is 3.47. The molecule has 0 unspecified atom stereocenters. The highest BCUT2D eigenvalue weighted by Gasteiger charge is 2.17. The topological polar surface area (TPSA) is 85.1 Å². The van der Waals surface area contributed by atoms with Gasteiger partial charge >= 0.3 is 5.97 Å². The zero-order valence-corrected chi connectivity index (χ0v) is 10.6. The van der Waals surface area contributed by atoms with Crippen LogP contribution in [-0.4, -0.2) is 25.8 Å². The van der Waals surface area contributed by atoms with Gasteiger partial charge in [-0.05, 0) is 31.0 Å². The van der Waals surface area contributed by atoms with Gasteiger partial charge in [0.15, 0.2) is 0 Å². The first kappa shape index (κ1) is 12.9. The predicted octanol–water partition coefficient (Wildman–Crippen LogP) is 1.00. The van der Waals surface area contributed by atoms with Crippen LogP contribution in [0.2, 0.25) is 0 Å². The third-order valence-electron chi connectivity index (χ3n) is 2.91. The summed E-state index contributed by atoms with van der Waals surface area (Å²) in [5.74, 6) is -1.23. The van der Waals surface area contributed by atoms with Crippen molar-refractivity contribution in [2.45, 2.75) is 20.4 Å². The molecule has 1 N–H and O–H groups in total. The average molecular weight is 259 g/mol.